The number of amides is 1. The molecule has 0 saturated carbocycles. The molecular formula is C8H11NO6. The lowest BCUT2D eigenvalue weighted by molar-refractivity contribution is -0.145. The van der Waals surface area contributed by atoms with Crippen LogP contribution in [0.25, 0.3) is 0 Å². The molecule has 1 unspecified atom stereocenters. The summed E-state index contributed by atoms with van der Waals surface area (Å²) in [5, 5.41) is 27.9. The lowest BCUT2D eigenvalue weighted by Gasteiger charge is -2.09. The van der Waals surface area contributed by atoms with E-state index in [0.717, 1.165) is 13.1 Å². The topological polar surface area (TPSA) is 124 Å². The van der Waals surface area contributed by atoms with Gasteiger partial charge < -0.3 is 20.6 Å². The normalized spacial score (nSPS) is 13.1. The SMILES string of the molecule is CC(=O)NC=C(C(=O)O)C(CO)C(=O)O. The predicted octanol–water partition coefficient (Wildman–Crippen LogP) is -1.22. The van der Waals surface area contributed by atoms with E-state index < -0.39 is 35.9 Å². The van der Waals surface area contributed by atoms with Crippen LogP contribution in [0, 0.1) is 5.92 Å². The van der Waals surface area contributed by atoms with Crippen LogP contribution < -0.4 is 5.32 Å². The Hall–Kier alpha value is -1.89. The maximum absolute atomic E-state index is 10.6. The first-order chi connectivity index (χ1) is 6.90. The summed E-state index contributed by atoms with van der Waals surface area (Å²) in [4.78, 5) is 31.7. The monoisotopic (exact) mass is 217 g/mol. The van der Waals surface area contributed by atoms with Crippen molar-refractivity contribution in [1.82, 2.24) is 5.32 Å². The number of carboxylic acids is 2. The third-order valence-electron chi connectivity index (χ3n) is 1.53. The van der Waals surface area contributed by atoms with Gasteiger partial charge in [0.2, 0.25) is 5.91 Å². The zero-order chi connectivity index (χ0) is 12.0. The maximum Gasteiger partial charge on any atom is 0.334 e. The largest absolute Gasteiger partial charge is 0.481 e. The summed E-state index contributed by atoms with van der Waals surface area (Å²) in [5.41, 5.74) is -0.583. The van der Waals surface area contributed by atoms with Crippen molar-refractivity contribution in [3.8, 4) is 0 Å². The Labute approximate surface area is 85.0 Å². The fourth-order valence-corrected chi connectivity index (χ4v) is 0.800. The van der Waals surface area contributed by atoms with E-state index in [4.69, 9.17) is 15.3 Å². The molecule has 1 atom stereocenters. The zero-order valence-corrected chi connectivity index (χ0v) is 7.93. The number of aliphatic hydroxyl groups is 1. The molecular weight excluding hydrogens is 206 g/mol. The van der Waals surface area contributed by atoms with Crippen LogP contribution in [0.4, 0.5) is 0 Å². The molecule has 1 amide bonds. The lowest BCUT2D eigenvalue weighted by atomic mass is 10.0. The first kappa shape index (κ1) is 13.1. The second-order valence-electron chi connectivity index (χ2n) is 2.68. The molecule has 0 heterocycles. The van der Waals surface area contributed by atoms with E-state index in [0.29, 0.717) is 0 Å². The number of aliphatic carboxylic acids is 2. The quantitative estimate of drug-likeness (QED) is 0.428. The van der Waals surface area contributed by atoms with E-state index in [2.05, 4.69) is 0 Å². The number of aliphatic hydroxyl groups excluding tert-OH is 1. The van der Waals surface area contributed by atoms with Crippen molar-refractivity contribution in [2.45, 2.75) is 6.92 Å². The summed E-state index contributed by atoms with van der Waals surface area (Å²) in [6.45, 7) is 0.289. The van der Waals surface area contributed by atoms with Crippen LogP contribution in [0.1, 0.15) is 6.92 Å². The van der Waals surface area contributed by atoms with Crippen LogP contribution in [0.2, 0.25) is 0 Å². The minimum absolute atomic E-state index is 0.532. The van der Waals surface area contributed by atoms with E-state index in [9.17, 15) is 14.4 Å². The molecule has 0 radical (unpaired) electrons. The van der Waals surface area contributed by atoms with Crippen LogP contribution in [-0.4, -0.2) is 39.8 Å². The lowest BCUT2D eigenvalue weighted by Crippen LogP contribution is -2.27. The summed E-state index contributed by atoms with van der Waals surface area (Å²) < 4.78 is 0. The van der Waals surface area contributed by atoms with E-state index in [-0.39, 0.29) is 0 Å². The minimum atomic E-state index is -1.56. The van der Waals surface area contributed by atoms with Crippen molar-refractivity contribution >= 4 is 17.8 Å². The van der Waals surface area contributed by atoms with Gasteiger partial charge in [-0.15, -0.1) is 0 Å². The molecule has 7 nitrogen and oxygen atoms in total. The van der Waals surface area contributed by atoms with E-state index in [1.165, 1.54) is 0 Å². The highest BCUT2D eigenvalue weighted by molar-refractivity contribution is 5.94. The van der Waals surface area contributed by atoms with Crippen LogP contribution in [0.5, 0.6) is 0 Å². The van der Waals surface area contributed by atoms with Crippen molar-refractivity contribution < 1.29 is 29.7 Å². The fraction of sp³-hybridized carbons (Fsp3) is 0.375. The van der Waals surface area contributed by atoms with Gasteiger partial charge >= 0.3 is 11.9 Å². The number of hydrogen-bond donors (Lipinski definition) is 4. The highest BCUT2D eigenvalue weighted by Crippen LogP contribution is 2.10. The zero-order valence-electron chi connectivity index (χ0n) is 7.93. The summed E-state index contributed by atoms with van der Waals surface area (Å²) in [6.07, 6.45) is 0.764. The molecule has 15 heavy (non-hydrogen) atoms. The highest BCUT2D eigenvalue weighted by Gasteiger charge is 2.26. The summed E-state index contributed by atoms with van der Waals surface area (Å²) in [5.74, 6) is -5.08. The average molecular weight is 217 g/mol. The third-order valence-corrected chi connectivity index (χ3v) is 1.53. The Morgan fingerprint density at radius 1 is 1.33 bits per heavy atom. The molecule has 0 spiro atoms. The van der Waals surface area contributed by atoms with Crippen molar-refractivity contribution in [2.75, 3.05) is 6.61 Å². The molecule has 0 fully saturated rings. The van der Waals surface area contributed by atoms with Crippen LogP contribution in [-0.2, 0) is 14.4 Å². The van der Waals surface area contributed by atoms with Crippen molar-refractivity contribution in [3.63, 3.8) is 0 Å². The number of carboxylic acid groups (broad SMARTS) is 2. The molecule has 4 N–H and O–H groups in total. The molecule has 0 aromatic rings. The minimum Gasteiger partial charge on any atom is -0.481 e. The number of hydrogen-bond acceptors (Lipinski definition) is 4. The Morgan fingerprint density at radius 3 is 2.13 bits per heavy atom. The fourth-order valence-electron chi connectivity index (χ4n) is 0.800. The number of rotatable bonds is 5. The summed E-state index contributed by atoms with van der Waals surface area (Å²) >= 11 is 0. The van der Waals surface area contributed by atoms with Gasteiger partial charge in [-0.1, -0.05) is 0 Å². The number of nitrogens with one attached hydrogen (secondary N) is 1. The second kappa shape index (κ2) is 5.76. The third kappa shape index (κ3) is 4.23. The summed E-state index contributed by atoms with van der Waals surface area (Å²) in [7, 11) is 0. The van der Waals surface area contributed by atoms with E-state index in [1.807, 2.05) is 5.32 Å². The van der Waals surface area contributed by atoms with Crippen molar-refractivity contribution in [2.24, 2.45) is 5.92 Å². The van der Waals surface area contributed by atoms with Gasteiger partial charge in [0.15, 0.2) is 0 Å². The van der Waals surface area contributed by atoms with Crippen LogP contribution in [0.3, 0.4) is 0 Å². The Bertz CT molecular complexity index is 308. The van der Waals surface area contributed by atoms with Gasteiger partial charge in [0.05, 0.1) is 12.2 Å². The molecule has 0 aliphatic heterocycles. The Balaban J connectivity index is 4.93. The first-order valence-corrected chi connectivity index (χ1v) is 3.94. The molecule has 0 aromatic carbocycles. The highest BCUT2D eigenvalue weighted by atomic mass is 16.4. The van der Waals surface area contributed by atoms with Gasteiger partial charge in [0.1, 0.15) is 5.92 Å². The van der Waals surface area contributed by atoms with E-state index >= 15 is 0 Å². The maximum atomic E-state index is 10.6. The molecule has 0 aliphatic rings. The Morgan fingerprint density at radius 2 is 1.87 bits per heavy atom. The molecule has 0 bridgehead atoms. The molecule has 0 rings (SSSR count). The van der Waals surface area contributed by atoms with Gasteiger partial charge in [0.25, 0.3) is 0 Å². The molecule has 7 heteroatoms. The van der Waals surface area contributed by atoms with E-state index in [1.54, 1.807) is 0 Å². The number of carbonyl (C=O) groups is 3. The average Bonchev–Trinajstić information content (AvgIpc) is 2.10. The number of carbonyl (C=O) groups excluding carboxylic acids is 1. The van der Waals surface area contributed by atoms with Crippen LogP contribution >= 0.6 is 0 Å². The molecule has 0 aromatic heterocycles. The second-order valence-corrected chi connectivity index (χ2v) is 2.68. The molecule has 0 saturated heterocycles. The van der Waals surface area contributed by atoms with Crippen molar-refractivity contribution in [1.29, 1.82) is 0 Å². The Kier molecular flexibility index (Phi) is 5.03. The predicted molar refractivity (Wildman–Crippen MR) is 47.7 cm³/mol. The van der Waals surface area contributed by atoms with Gasteiger partial charge in [-0.2, -0.15) is 0 Å². The smallest absolute Gasteiger partial charge is 0.334 e. The van der Waals surface area contributed by atoms with Crippen molar-refractivity contribution in [3.05, 3.63) is 11.8 Å². The molecule has 84 valence electrons. The summed E-state index contributed by atoms with van der Waals surface area (Å²) in [6, 6.07) is 0. The van der Waals surface area contributed by atoms with Gasteiger partial charge in [-0.05, 0) is 0 Å². The standard InChI is InChI=1S/C8H11NO6/c1-4(11)9-2-5(7(12)13)6(3-10)8(14)15/h2,6,10H,3H2,1H3,(H,9,11)(H,12,13)(H,14,15). The van der Waals surface area contributed by atoms with Gasteiger partial charge in [-0.3, -0.25) is 9.59 Å². The van der Waals surface area contributed by atoms with Gasteiger partial charge in [0, 0.05) is 13.1 Å². The van der Waals surface area contributed by atoms with Gasteiger partial charge in [-0.25, -0.2) is 4.79 Å². The van der Waals surface area contributed by atoms with Crippen LogP contribution in [0.15, 0.2) is 11.8 Å². The first-order valence-electron chi connectivity index (χ1n) is 3.94. The molecule has 0 aliphatic carbocycles.